The second kappa shape index (κ2) is 7.48. The number of amides is 1. The van der Waals surface area contributed by atoms with E-state index in [0.717, 1.165) is 11.3 Å². The summed E-state index contributed by atoms with van der Waals surface area (Å²) in [6.07, 6.45) is 2.22. The number of aryl methyl sites for hydroxylation is 2. The molecule has 2 unspecified atom stereocenters. The summed E-state index contributed by atoms with van der Waals surface area (Å²) in [4.78, 5) is 12.6. The Bertz CT molecular complexity index is 1110. The Labute approximate surface area is 174 Å². The number of carbonyl (C=O) groups is 1. The Kier molecular flexibility index (Phi) is 4.97. The highest BCUT2D eigenvalue weighted by Gasteiger charge is 2.51. The molecule has 2 aromatic carbocycles. The van der Waals surface area contributed by atoms with Crippen LogP contribution in [0.15, 0.2) is 52.9 Å². The molecule has 2 atom stereocenters. The fourth-order valence-electron chi connectivity index (χ4n) is 3.87. The summed E-state index contributed by atoms with van der Waals surface area (Å²) in [5, 5.41) is 25.6. The van der Waals surface area contributed by atoms with E-state index in [-0.39, 0.29) is 11.3 Å². The van der Waals surface area contributed by atoms with Gasteiger partial charge in [0.1, 0.15) is 17.3 Å². The molecule has 3 N–H and O–H groups in total. The zero-order valence-electron chi connectivity index (χ0n) is 17.0. The number of carbonyl (C=O) groups excluding carboxylic acids is 1. The first-order chi connectivity index (χ1) is 14.4. The highest BCUT2D eigenvalue weighted by Crippen LogP contribution is 2.47. The third-order valence-corrected chi connectivity index (χ3v) is 5.53. The van der Waals surface area contributed by atoms with E-state index in [4.69, 9.17) is 9.15 Å². The standard InChI is InChI=1S/C24H23NO5/c1-14-13-18(30-15(14)2)11-9-16-10-12-19-20(21(16)26)24(28,17-7-5-4-6-8-17)22(29-3)23(27)25-19/h4-13,22,26,28H,1-3H3,(H,25,27). The molecule has 3 aromatic rings. The van der Waals surface area contributed by atoms with Gasteiger partial charge < -0.3 is 24.7 Å². The molecule has 0 radical (unpaired) electrons. The van der Waals surface area contributed by atoms with Crippen molar-refractivity contribution < 1.29 is 24.2 Å². The van der Waals surface area contributed by atoms with Crippen molar-refractivity contribution in [3.8, 4) is 5.75 Å². The van der Waals surface area contributed by atoms with Crippen LogP contribution < -0.4 is 5.32 Å². The van der Waals surface area contributed by atoms with Crippen molar-refractivity contribution in [3.63, 3.8) is 0 Å². The van der Waals surface area contributed by atoms with Gasteiger partial charge in [-0.25, -0.2) is 0 Å². The zero-order valence-corrected chi connectivity index (χ0v) is 17.0. The Morgan fingerprint density at radius 1 is 1.13 bits per heavy atom. The van der Waals surface area contributed by atoms with Crippen molar-refractivity contribution in [2.45, 2.75) is 25.6 Å². The molecule has 30 heavy (non-hydrogen) atoms. The van der Waals surface area contributed by atoms with E-state index in [2.05, 4.69) is 5.32 Å². The lowest BCUT2D eigenvalue weighted by molar-refractivity contribution is -0.142. The van der Waals surface area contributed by atoms with Crippen LogP contribution in [0.3, 0.4) is 0 Å². The molecule has 4 rings (SSSR count). The first-order valence-corrected chi connectivity index (χ1v) is 9.59. The molecular weight excluding hydrogens is 382 g/mol. The van der Waals surface area contributed by atoms with Gasteiger partial charge in [0, 0.05) is 12.7 Å². The van der Waals surface area contributed by atoms with Crippen molar-refractivity contribution in [1.82, 2.24) is 0 Å². The summed E-state index contributed by atoms with van der Waals surface area (Å²) in [6.45, 7) is 3.84. The van der Waals surface area contributed by atoms with Crippen LogP contribution in [-0.4, -0.2) is 29.3 Å². The number of aromatic hydroxyl groups is 1. The summed E-state index contributed by atoms with van der Waals surface area (Å²) in [5.41, 5.74) is 0.614. The molecule has 2 heterocycles. The van der Waals surface area contributed by atoms with E-state index in [1.165, 1.54) is 7.11 Å². The summed E-state index contributed by atoms with van der Waals surface area (Å²) < 4.78 is 11.0. The molecule has 0 fully saturated rings. The summed E-state index contributed by atoms with van der Waals surface area (Å²) >= 11 is 0. The number of hydrogen-bond acceptors (Lipinski definition) is 5. The van der Waals surface area contributed by atoms with Crippen molar-refractivity contribution in [2.75, 3.05) is 12.4 Å². The van der Waals surface area contributed by atoms with Gasteiger partial charge in [0.05, 0.1) is 11.3 Å². The number of ether oxygens (including phenoxy) is 1. The molecule has 6 heteroatoms. The molecule has 1 aliphatic heterocycles. The second-order valence-electron chi connectivity index (χ2n) is 7.38. The van der Waals surface area contributed by atoms with Gasteiger partial charge in [-0.3, -0.25) is 4.79 Å². The van der Waals surface area contributed by atoms with E-state index in [9.17, 15) is 15.0 Å². The molecule has 1 amide bonds. The van der Waals surface area contributed by atoms with Crippen LogP contribution >= 0.6 is 0 Å². The van der Waals surface area contributed by atoms with Crippen LogP contribution in [0, 0.1) is 13.8 Å². The lowest BCUT2D eigenvalue weighted by Gasteiger charge is -2.40. The Morgan fingerprint density at radius 2 is 1.87 bits per heavy atom. The molecular formula is C24H23NO5. The van der Waals surface area contributed by atoms with Crippen molar-refractivity contribution in [2.24, 2.45) is 0 Å². The maximum absolute atomic E-state index is 12.6. The predicted octanol–water partition coefficient (Wildman–Crippen LogP) is 3.98. The highest BCUT2D eigenvalue weighted by molar-refractivity contribution is 6.00. The molecule has 0 saturated heterocycles. The van der Waals surface area contributed by atoms with Gasteiger partial charge in [-0.05, 0) is 55.3 Å². The lowest BCUT2D eigenvalue weighted by Crippen LogP contribution is -2.52. The zero-order chi connectivity index (χ0) is 21.5. The van der Waals surface area contributed by atoms with Crippen LogP contribution in [0.2, 0.25) is 0 Å². The smallest absolute Gasteiger partial charge is 0.257 e. The fraction of sp³-hybridized carbons (Fsp3) is 0.208. The monoisotopic (exact) mass is 405 g/mol. The normalized spacial score (nSPS) is 20.9. The van der Waals surface area contributed by atoms with Gasteiger partial charge in [0.25, 0.3) is 5.91 Å². The molecule has 6 nitrogen and oxygen atoms in total. The van der Waals surface area contributed by atoms with Crippen LogP contribution in [0.25, 0.3) is 12.2 Å². The van der Waals surface area contributed by atoms with Crippen LogP contribution in [-0.2, 0) is 15.1 Å². The number of phenols is 1. The maximum atomic E-state index is 12.6. The Hall–Kier alpha value is -3.35. The number of fused-ring (bicyclic) bond motifs is 1. The van der Waals surface area contributed by atoms with Gasteiger partial charge >= 0.3 is 0 Å². The third-order valence-electron chi connectivity index (χ3n) is 5.53. The van der Waals surface area contributed by atoms with E-state index < -0.39 is 17.6 Å². The highest BCUT2D eigenvalue weighted by atomic mass is 16.5. The average molecular weight is 405 g/mol. The number of rotatable bonds is 4. The van der Waals surface area contributed by atoms with Crippen molar-refractivity contribution in [1.29, 1.82) is 0 Å². The van der Waals surface area contributed by atoms with Crippen LogP contribution in [0.4, 0.5) is 5.69 Å². The summed E-state index contributed by atoms with van der Waals surface area (Å²) in [7, 11) is 1.35. The Balaban J connectivity index is 1.87. The van der Waals surface area contributed by atoms with Gasteiger partial charge in [-0.2, -0.15) is 0 Å². The molecule has 0 spiro atoms. The third kappa shape index (κ3) is 3.10. The SMILES string of the molecule is COC1C(=O)Nc2ccc(C=Cc3cc(C)c(C)o3)c(O)c2C1(O)c1ccccc1. The minimum absolute atomic E-state index is 0.142. The molecule has 154 valence electrons. The van der Waals surface area contributed by atoms with Crippen molar-refractivity contribution in [3.05, 3.63) is 82.3 Å². The van der Waals surface area contributed by atoms with Gasteiger partial charge in [0.2, 0.25) is 0 Å². The van der Waals surface area contributed by atoms with Crippen molar-refractivity contribution >= 4 is 23.7 Å². The van der Waals surface area contributed by atoms with Gasteiger partial charge in [-0.1, -0.05) is 30.3 Å². The number of methoxy groups -OCH3 is 1. The molecule has 0 bridgehead atoms. The quantitative estimate of drug-likeness (QED) is 0.611. The van der Waals surface area contributed by atoms with E-state index >= 15 is 0 Å². The maximum Gasteiger partial charge on any atom is 0.257 e. The largest absolute Gasteiger partial charge is 0.507 e. The first-order valence-electron chi connectivity index (χ1n) is 9.59. The number of nitrogens with one attached hydrogen (secondary N) is 1. The summed E-state index contributed by atoms with van der Waals surface area (Å²) in [5.74, 6) is 0.856. The molecule has 0 saturated carbocycles. The molecule has 1 aliphatic rings. The fourth-order valence-corrected chi connectivity index (χ4v) is 3.87. The summed E-state index contributed by atoms with van der Waals surface area (Å²) in [6, 6.07) is 14.0. The predicted molar refractivity (Wildman–Crippen MR) is 114 cm³/mol. The number of benzene rings is 2. The van der Waals surface area contributed by atoms with Crippen LogP contribution in [0.5, 0.6) is 5.75 Å². The average Bonchev–Trinajstić information content (AvgIpc) is 3.05. The van der Waals surface area contributed by atoms with Gasteiger partial charge in [0.15, 0.2) is 11.7 Å². The lowest BCUT2D eigenvalue weighted by atomic mass is 9.77. The second-order valence-corrected chi connectivity index (χ2v) is 7.38. The minimum atomic E-state index is -1.86. The minimum Gasteiger partial charge on any atom is -0.507 e. The number of anilines is 1. The number of aliphatic hydroxyl groups is 1. The topological polar surface area (TPSA) is 91.9 Å². The van der Waals surface area contributed by atoms with Gasteiger partial charge in [-0.15, -0.1) is 0 Å². The van der Waals surface area contributed by atoms with Crippen LogP contribution in [0.1, 0.15) is 33.8 Å². The van der Waals surface area contributed by atoms with E-state index in [0.29, 0.717) is 22.6 Å². The van der Waals surface area contributed by atoms with E-state index in [1.807, 2.05) is 26.0 Å². The molecule has 1 aromatic heterocycles. The number of furan rings is 1. The first kappa shape index (κ1) is 19.9. The number of hydrogen-bond donors (Lipinski definition) is 3. The molecule has 0 aliphatic carbocycles. The number of phenolic OH excluding ortho intramolecular Hbond substituents is 1. The Morgan fingerprint density at radius 3 is 2.50 bits per heavy atom. The van der Waals surface area contributed by atoms with E-state index in [1.54, 1.807) is 48.6 Å².